The van der Waals surface area contributed by atoms with E-state index in [-0.39, 0.29) is 17.9 Å². The highest BCUT2D eigenvalue weighted by atomic mass is 16.5. The Balaban J connectivity index is 1.07. The maximum atomic E-state index is 13.9. The van der Waals surface area contributed by atoms with Crippen molar-refractivity contribution >= 4 is 28.5 Å². The molecule has 3 aromatic carbocycles. The monoisotopic (exact) mass is 627 g/mol. The van der Waals surface area contributed by atoms with E-state index in [0.717, 1.165) is 57.6 Å². The third-order valence-corrected chi connectivity index (χ3v) is 9.88. The van der Waals surface area contributed by atoms with Gasteiger partial charge in [0.15, 0.2) is 0 Å². The minimum Gasteiger partial charge on any atom is -0.491 e. The van der Waals surface area contributed by atoms with Gasteiger partial charge in [0.1, 0.15) is 24.3 Å². The number of anilines is 1. The standard InChI is InChI=1S/C38H37N5O4/c1-23-29(4-3-5-33(23)43-18-19-47-34-20-27(24-6-7-24)12-13-30(34)38(43)45)35-31-21-32(41-36(31)40-22-39-35)25-8-10-26(11-9-25)37(44)42-16-14-28(46-2)15-17-42/h3-5,8-13,20-22,24,28H,6-7,14-19H2,1-2H3,(H,39,40,41). The summed E-state index contributed by atoms with van der Waals surface area (Å²) in [4.78, 5) is 43.4. The second kappa shape index (κ2) is 12.0. The van der Waals surface area contributed by atoms with Crippen molar-refractivity contribution in [3.8, 4) is 28.3 Å². The Morgan fingerprint density at radius 2 is 1.74 bits per heavy atom. The van der Waals surface area contributed by atoms with E-state index >= 15 is 0 Å². The molecule has 1 N–H and O–H groups in total. The molecule has 0 bridgehead atoms. The van der Waals surface area contributed by atoms with Gasteiger partial charge in [-0.1, -0.05) is 30.3 Å². The van der Waals surface area contributed by atoms with E-state index in [9.17, 15) is 9.59 Å². The van der Waals surface area contributed by atoms with E-state index in [0.29, 0.717) is 49.0 Å². The number of fused-ring (bicyclic) bond motifs is 2. The molecule has 2 aliphatic heterocycles. The fourth-order valence-corrected chi connectivity index (χ4v) is 6.98. The number of amides is 2. The van der Waals surface area contributed by atoms with Gasteiger partial charge in [-0.3, -0.25) is 9.59 Å². The number of likely N-dealkylation sites (tertiary alicyclic amines) is 1. The van der Waals surface area contributed by atoms with Gasteiger partial charge in [-0.2, -0.15) is 0 Å². The van der Waals surface area contributed by atoms with Crippen LogP contribution in [-0.2, 0) is 4.74 Å². The van der Waals surface area contributed by atoms with Gasteiger partial charge in [0, 0.05) is 48.1 Å². The number of ether oxygens (including phenoxy) is 2. The fourth-order valence-electron chi connectivity index (χ4n) is 6.98. The summed E-state index contributed by atoms with van der Waals surface area (Å²) in [6, 6.07) is 21.8. The van der Waals surface area contributed by atoms with Crippen molar-refractivity contribution in [1.29, 1.82) is 0 Å². The number of nitrogens with one attached hydrogen (secondary N) is 1. The minimum atomic E-state index is -0.0572. The second-order valence-electron chi connectivity index (χ2n) is 12.8. The SMILES string of the molecule is COC1CCN(C(=O)c2ccc(-c3cc4c(-c5cccc(N6CCOc7cc(C8CC8)ccc7C6=O)c5C)ncnc4[nH]3)cc2)CC1. The molecule has 8 rings (SSSR count). The Kier molecular flexibility index (Phi) is 7.48. The van der Waals surface area contributed by atoms with Crippen LogP contribution in [0, 0.1) is 6.92 Å². The highest BCUT2D eigenvalue weighted by Gasteiger charge is 2.30. The molecule has 5 aromatic rings. The molecule has 47 heavy (non-hydrogen) atoms. The van der Waals surface area contributed by atoms with Crippen molar-refractivity contribution in [2.24, 2.45) is 0 Å². The highest BCUT2D eigenvalue weighted by molar-refractivity contribution is 6.09. The maximum Gasteiger partial charge on any atom is 0.262 e. The summed E-state index contributed by atoms with van der Waals surface area (Å²) >= 11 is 0. The Labute approximate surface area is 273 Å². The molecule has 0 atom stereocenters. The van der Waals surface area contributed by atoms with Crippen LogP contribution in [0.3, 0.4) is 0 Å². The van der Waals surface area contributed by atoms with Gasteiger partial charge in [-0.25, -0.2) is 9.97 Å². The normalized spacial score (nSPS) is 17.0. The maximum absolute atomic E-state index is 13.9. The molecule has 9 heteroatoms. The van der Waals surface area contributed by atoms with Crippen LogP contribution in [-0.4, -0.2) is 71.1 Å². The van der Waals surface area contributed by atoms with Gasteiger partial charge < -0.3 is 24.3 Å². The van der Waals surface area contributed by atoms with E-state index in [2.05, 4.69) is 28.2 Å². The van der Waals surface area contributed by atoms with Gasteiger partial charge in [-0.15, -0.1) is 0 Å². The topological polar surface area (TPSA) is 101 Å². The van der Waals surface area contributed by atoms with Crippen molar-refractivity contribution in [2.75, 3.05) is 38.3 Å². The summed E-state index contributed by atoms with van der Waals surface area (Å²) in [7, 11) is 1.73. The third kappa shape index (κ3) is 5.44. The van der Waals surface area contributed by atoms with E-state index in [4.69, 9.17) is 14.5 Å². The predicted molar refractivity (Wildman–Crippen MR) is 181 cm³/mol. The van der Waals surface area contributed by atoms with Crippen LogP contribution in [0.4, 0.5) is 5.69 Å². The molecule has 238 valence electrons. The van der Waals surface area contributed by atoms with Crippen molar-refractivity contribution in [3.63, 3.8) is 0 Å². The number of nitrogens with zero attached hydrogens (tertiary/aromatic N) is 4. The minimum absolute atomic E-state index is 0.0483. The van der Waals surface area contributed by atoms with Crippen LogP contribution in [0.2, 0.25) is 0 Å². The number of carbonyl (C=O) groups is 2. The molecule has 1 saturated carbocycles. The van der Waals surface area contributed by atoms with Crippen molar-refractivity contribution in [2.45, 2.75) is 44.6 Å². The molecular weight excluding hydrogens is 590 g/mol. The molecule has 9 nitrogen and oxygen atoms in total. The van der Waals surface area contributed by atoms with Gasteiger partial charge in [0.2, 0.25) is 0 Å². The predicted octanol–water partition coefficient (Wildman–Crippen LogP) is 6.77. The zero-order chi connectivity index (χ0) is 32.1. The lowest BCUT2D eigenvalue weighted by Crippen LogP contribution is -2.40. The first-order valence-corrected chi connectivity index (χ1v) is 16.4. The number of H-pyrrole nitrogens is 1. The first-order valence-electron chi connectivity index (χ1n) is 16.4. The average molecular weight is 628 g/mol. The molecule has 3 aliphatic rings. The fraction of sp³-hybridized carbons (Fsp3) is 0.316. The smallest absolute Gasteiger partial charge is 0.262 e. The number of piperidine rings is 1. The Bertz CT molecular complexity index is 1990. The summed E-state index contributed by atoms with van der Waals surface area (Å²) in [6.45, 7) is 4.32. The first kappa shape index (κ1) is 29.4. The quantitative estimate of drug-likeness (QED) is 0.223. The van der Waals surface area contributed by atoms with E-state index in [1.165, 1.54) is 18.4 Å². The molecule has 1 aliphatic carbocycles. The lowest BCUT2D eigenvalue weighted by molar-refractivity contribution is 0.0350. The van der Waals surface area contributed by atoms with Crippen LogP contribution in [0.15, 0.2) is 73.1 Å². The molecule has 2 aromatic heterocycles. The van der Waals surface area contributed by atoms with Crippen LogP contribution in [0.25, 0.3) is 33.5 Å². The molecule has 0 spiro atoms. The van der Waals surface area contributed by atoms with Crippen molar-refractivity contribution < 1.29 is 19.1 Å². The van der Waals surface area contributed by atoms with Gasteiger partial charge in [-0.05, 0) is 91.6 Å². The zero-order valence-corrected chi connectivity index (χ0v) is 26.7. The lowest BCUT2D eigenvalue weighted by atomic mass is 10.00. The third-order valence-electron chi connectivity index (χ3n) is 9.88. The Hall–Kier alpha value is -5.02. The van der Waals surface area contributed by atoms with Crippen LogP contribution < -0.4 is 9.64 Å². The van der Waals surface area contributed by atoms with Crippen molar-refractivity contribution in [1.82, 2.24) is 19.9 Å². The van der Waals surface area contributed by atoms with E-state index in [1.807, 2.05) is 65.3 Å². The van der Waals surface area contributed by atoms with Gasteiger partial charge >= 0.3 is 0 Å². The van der Waals surface area contributed by atoms with Crippen LogP contribution in [0.5, 0.6) is 5.75 Å². The largest absolute Gasteiger partial charge is 0.491 e. The zero-order valence-electron chi connectivity index (χ0n) is 26.7. The summed E-state index contributed by atoms with van der Waals surface area (Å²) < 4.78 is 11.5. The molecular formula is C38H37N5O4. The number of aromatic nitrogens is 3. The van der Waals surface area contributed by atoms with Crippen molar-refractivity contribution in [3.05, 3.63) is 95.3 Å². The molecule has 2 amide bonds. The van der Waals surface area contributed by atoms with Crippen LogP contribution in [0.1, 0.15) is 63.4 Å². The summed E-state index contributed by atoms with van der Waals surface area (Å²) in [6.07, 6.45) is 5.92. The number of hydrogen-bond acceptors (Lipinski definition) is 6. The number of hydrogen-bond donors (Lipinski definition) is 1. The molecule has 1 saturated heterocycles. The number of benzene rings is 3. The van der Waals surface area contributed by atoms with Gasteiger partial charge in [0.25, 0.3) is 11.8 Å². The second-order valence-corrected chi connectivity index (χ2v) is 12.8. The van der Waals surface area contributed by atoms with Gasteiger partial charge in [0.05, 0.1) is 23.9 Å². The van der Waals surface area contributed by atoms with E-state index < -0.39 is 0 Å². The van der Waals surface area contributed by atoms with E-state index in [1.54, 1.807) is 13.4 Å². The average Bonchev–Trinajstić information content (AvgIpc) is 3.90. The molecule has 0 radical (unpaired) electrons. The molecule has 2 fully saturated rings. The number of methoxy groups -OCH3 is 1. The summed E-state index contributed by atoms with van der Waals surface area (Å²) in [5, 5.41) is 0.882. The Morgan fingerprint density at radius 3 is 2.51 bits per heavy atom. The number of carbonyl (C=O) groups excluding carboxylic acids is 2. The highest BCUT2D eigenvalue weighted by Crippen LogP contribution is 2.42. The molecule has 4 heterocycles. The lowest BCUT2D eigenvalue weighted by Gasteiger charge is -2.31. The Morgan fingerprint density at radius 1 is 0.936 bits per heavy atom. The number of rotatable bonds is 6. The molecule has 0 unspecified atom stereocenters. The first-order chi connectivity index (χ1) is 23.0. The summed E-state index contributed by atoms with van der Waals surface area (Å²) in [5.41, 5.74) is 8.60. The van der Waals surface area contributed by atoms with Crippen LogP contribution >= 0.6 is 0 Å². The number of aromatic amines is 1. The summed E-state index contributed by atoms with van der Waals surface area (Å²) in [5.74, 6) is 1.26.